The second-order valence-electron chi connectivity index (χ2n) is 6.76. The summed E-state index contributed by atoms with van der Waals surface area (Å²) in [6.07, 6.45) is 4.19. The summed E-state index contributed by atoms with van der Waals surface area (Å²) in [6, 6.07) is 5.42. The van der Waals surface area contributed by atoms with Gasteiger partial charge in [-0.2, -0.15) is 0 Å². The minimum atomic E-state index is -0.354. The first-order valence-corrected chi connectivity index (χ1v) is 11.2. The van der Waals surface area contributed by atoms with Gasteiger partial charge in [0.15, 0.2) is 17.1 Å². The minimum Gasteiger partial charge on any atom is -0.481 e. The minimum absolute atomic E-state index is 0.0429. The Morgan fingerprint density at radius 1 is 1.36 bits per heavy atom. The van der Waals surface area contributed by atoms with Crippen molar-refractivity contribution in [3.8, 4) is 5.75 Å². The highest BCUT2D eigenvalue weighted by Gasteiger charge is 2.21. The third-order valence-corrected chi connectivity index (χ3v) is 6.17. The molecule has 1 amide bonds. The van der Waals surface area contributed by atoms with Crippen molar-refractivity contribution in [1.29, 1.82) is 0 Å². The first-order valence-electron chi connectivity index (χ1n) is 9.45. The quantitative estimate of drug-likeness (QED) is 0.588. The lowest BCUT2D eigenvalue weighted by molar-refractivity contribution is -0.119. The molecule has 1 heterocycles. The number of hydrogen-bond donors (Lipinski definition) is 1. The zero-order valence-electron chi connectivity index (χ0n) is 16.0. The molecular formula is C19H24Cl2N4O2S. The van der Waals surface area contributed by atoms with Gasteiger partial charge < -0.3 is 14.6 Å². The molecule has 152 valence electrons. The van der Waals surface area contributed by atoms with Crippen molar-refractivity contribution < 1.29 is 9.53 Å². The number of nitrogens with one attached hydrogen (secondary N) is 1. The van der Waals surface area contributed by atoms with Crippen molar-refractivity contribution in [2.45, 2.75) is 63.4 Å². The number of rotatable bonds is 8. The van der Waals surface area contributed by atoms with Crippen LogP contribution in [-0.2, 0) is 11.3 Å². The van der Waals surface area contributed by atoms with Gasteiger partial charge in [0.1, 0.15) is 5.75 Å². The van der Waals surface area contributed by atoms with Crippen LogP contribution in [0.5, 0.6) is 5.75 Å². The van der Waals surface area contributed by atoms with E-state index in [9.17, 15) is 4.79 Å². The number of halogens is 2. The summed E-state index contributed by atoms with van der Waals surface area (Å²) in [7, 11) is 0. The van der Waals surface area contributed by atoms with Crippen LogP contribution in [0.4, 0.5) is 0 Å². The van der Waals surface area contributed by atoms with Gasteiger partial charge >= 0.3 is 0 Å². The lowest BCUT2D eigenvalue weighted by Gasteiger charge is -2.16. The van der Waals surface area contributed by atoms with Crippen LogP contribution in [0.15, 0.2) is 23.4 Å². The molecule has 1 saturated carbocycles. The third-order valence-electron chi connectivity index (χ3n) is 4.68. The van der Waals surface area contributed by atoms with Crippen LogP contribution in [-0.4, -0.2) is 32.5 Å². The Balaban J connectivity index is 1.62. The highest BCUT2D eigenvalue weighted by atomic mass is 35.5. The van der Waals surface area contributed by atoms with E-state index in [1.807, 2.05) is 18.4 Å². The van der Waals surface area contributed by atoms with Gasteiger partial charge in [-0.25, -0.2) is 0 Å². The van der Waals surface area contributed by atoms with E-state index < -0.39 is 0 Å². The largest absolute Gasteiger partial charge is 0.481 e. The molecule has 0 radical (unpaired) electrons. The van der Waals surface area contributed by atoms with Crippen LogP contribution in [0, 0.1) is 0 Å². The fourth-order valence-electron chi connectivity index (χ4n) is 3.29. The molecular weight excluding hydrogens is 419 g/mol. The van der Waals surface area contributed by atoms with Gasteiger partial charge in [0.2, 0.25) is 5.91 Å². The monoisotopic (exact) mass is 442 g/mol. The number of thioether (sulfide) groups is 1. The molecule has 6 nitrogen and oxygen atoms in total. The topological polar surface area (TPSA) is 69.0 Å². The van der Waals surface area contributed by atoms with Crippen molar-refractivity contribution in [1.82, 2.24) is 20.1 Å². The standard InChI is InChI=1S/C19H24Cl2N4O2S/c1-3-25-18(12(2)27-16-9-8-13(20)10-15(16)21)23-24-19(25)28-11-17(26)22-14-6-4-5-7-14/h8-10,12,14H,3-7,11H2,1-2H3,(H,22,26). The van der Waals surface area contributed by atoms with Gasteiger partial charge in [0.05, 0.1) is 10.8 Å². The Labute approximate surface area is 179 Å². The SMILES string of the molecule is CCn1c(SCC(=O)NC2CCCC2)nnc1C(C)Oc1ccc(Cl)cc1Cl. The van der Waals surface area contributed by atoms with Crippen LogP contribution < -0.4 is 10.1 Å². The first kappa shape index (κ1) is 21.3. The molecule has 1 aromatic heterocycles. The summed E-state index contributed by atoms with van der Waals surface area (Å²) in [4.78, 5) is 12.2. The fourth-order valence-corrected chi connectivity index (χ4v) is 4.56. The summed E-state index contributed by atoms with van der Waals surface area (Å²) in [5.74, 6) is 1.59. The number of hydrogen-bond acceptors (Lipinski definition) is 5. The number of carbonyl (C=O) groups excluding carboxylic acids is 1. The molecule has 1 fully saturated rings. The van der Waals surface area contributed by atoms with Crippen LogP contribution in [0.1, 0.15) is 51.5 Å². The van der Waals surface area contributed by atoms with E-state index in [-0.39, 0.29) is 12.0 Å². The molecule has 0 bridgehead atoms. The van der Waals surface area contributed by atoms with E-state index in [0.29, 0.717) is 45.1 Å². The summed E-state index contributed by atoms with van der Waals surface area (Å²) >= 11 is 13.5. The summed E-state index contributed by atoms with van der Waals surface area (Å²) in [5, 5.41) is 13.3. The summed E-state index contributed by atoms with van der Waals surface area (Å²) in [5.41, 5.74) is 0. The number of benzene rings is 1. The van der Waals surface area contributed by atoms with Crippen LogP contribution in [0.2, 0.25) is 10.0 Å². The molecule has 1 aromatic carbocycles. The molecule has 28 heavy (non-hydrogen) atoms. The highest BCUT2D eigenvalue weighted by Crippen LogP contribution is 2.31. The van der Waals surface area contributed by atoms with Crippen LogP contribution in [0.3, 0.4) is 0 Å². The molecule has 0 saturated heterocycles. The molecule has 2 aromatic rings. The maximum Gasteiger partial charge on any atom is 0.230 e. The number of amides is 1. The molecule has 1 aliphatic rings. The molecule has 1 aliphatic carbocycles. The number of aromatic nitrogens is 3. The van der Waals surface area contributed by atoms with E-state index >= 15 is 0 Å². The van der Waals surface area contributed by atoms with Crippen molar-refractivity contribution >= 4 is 40.9 Å². The number of ether oxygens (including phenoxy) is 1. The zero-order valence-corrected chi connectivity index (χ0v) is 18.3. The van der Waals surface area contributed by atoms with Gasteiger partial charge in [-0.3, -0.25) is 4.79 Å². The molecule has 0 aliphatic heterocycles. The third kappa shape index (κ3) is 5.33. The predicted molar refractivity (Wildman–Crippen MR) is 112 cm³/mol. The van der Waals surface area contributed by atoms with Crippen molar-refractivity contribution in [2.24, 2.45) is 0 Å². The van der Waals surface area contributed by atoms with Gasteiger partial charge in [-0.1, -0.05) is 47.8 Å². The van der Waals surface area contributed by atoms with Gasteiger partial charge in [0.25, 0.3) is 0 Å². The smallest absolute Gasteiger partial charge is 0.230 e. The highest BCUT2D eigenvalue weighted by molar-refractivity contribution is 7.99. The Kier molecular flexibility index (Phi) is 7.48. The Bertz CT molecular complexity index is 824. The Morgan fingerprint density at radius 3 is 2.79 bits per heavy atom. The second-order valence-corrected chi connectivity index (χ2v) is 8.54. The van der Waals surface area contributed by atoms with Gasteiger partial charge in [-0.15, -0.1) is 10.2 Å². The lowest BCUT2D eigenvalue weighted by atomic mass is 10.2. The average molecular weight is 443 g/mol. The van der Waals surface area contributed by atoms with E-state index in [2.05, 4.69) is 15.5 Å². The first-order chi connectivity index (χ1) is 13.5. The molecule has 1 N–H and O–H groups in total. The lowest BCUT2D eigenvalue weighted by Crippen LogP contribution is -2.33. The van der Waals surface area contributed by atoms with E-state index in [4.69, 9.17) is 27.9 Å². The van der Waals surface area contributed by atoms with Gasteiger partial charge in [-0.05, 0) is 44.9 Å². The fraction of sp³-hybridized carbons (Fsp3) is 0.526. The van der Waals surface area contributed by atoms with E-state index in [0.717, 1.165) is 12.8 Å². The Hall–Kier alpha value is -1.44. The average Bonchev–Trinajstić information content (AvgIpc) is 3.31. The molecule has 0 spiro atoms. The summed E-state index contributed by atoms with van der Waals surface area (Å²) < 4.78 is 7.91. The molecule has 1 unspecified atom stereocenters. The summed E-state index contributed by atoms with van der Waals surface area (Å²) in [6.45, 7) is 4.58. The second kappa shape index (κ2) is 9.85. The van der Waals surface area contributed by atoms with E-state index in [1.165, 1.54) is 24.6 Å². The van der Waals surface area contributed by atoms with Crippen molar-refractivity contribution in [3.05, 3.63) is 34.1 Å². The predicted octanol–water partition coefficient (Wildman–Crippen LogP) is 4.90. The maximum absolute atomic E-state index is 12.2. The van der Waals surface area contributed by atoms with Crippen LogP contribution in [0.25, 0.3) is 0 Å². The Morgan fingerprint density at radius 2 is 2.11 bits per heavy atom. The molecule has 1 atom stereocenters. The molecule has 3 rings (SSSR count). The molecule has 9 heteroatoms. The van der Waals surface area contributed by atoms with Crippen LogP contribution >= 0.6 is 35.0 Å². The maximum atomic E-state index is 12.2. The number of nitrogens with zero attached hydrogens (tertiary/aromatic N) is 3. The number of carbonyl (C=O) groups is 1. The van der Waals surface area contributed by atoms with Crippen molar-refractivity contribution in [2.75, 3.05) is 5.75 Å². The van der Waals surface area contributed by atoms with Crippen molar-refractivity contribution in [3.63, 3.8) is 0 Å². The zero-order chi connectivity index (χ0) is 20.1. The van der Waals surface area contributed by atoms with Gasteiger partial charge in [0, 0.05) is 17.6 Å². The normalized spacial score (nSPS) is 15.6. The van der Waals surface area contributed by atoms with E-state index in [1.54, 1.807) is 18.2 Å².